The largest absolute Gasteiger partial charge is 0.335 e. The van der Waals surface area contributed by atoms with E-state index in [1.807, 2.05) is 4.90 Å². The van der Waals surface area contributed by atoms with Crippen LogP contribution in [0.3, 0.4) is 0 Å². The van der Waals surface area contributed by atoms with Crippen LogP contribution in [0.4, 0.5) is 4.79 Å². The van der Waals surface area contributed by atoms with Crippen LogP contribution < -0.4 is 10.6 Å². The number of hydrogen-bond acceptors (Lipinski definition) is 2. The molecular formula is C14H25N3O. The Kier molecular flexibility index (Phi) is 3.73. The second kappa shape index (κ2) is 5.47. The van der Waals surface area contributed by atoms with Crippen LogP contribution >= 0.6 is 0 Å². The van der Waals surface area contributed by atoms with E-state index in [-0.39, 0.29) is 6.03 Å². The van der Waals surface area contributed by atoms with E-state index in [0.717, 1.165) is 19.6 Å². The third kappa shape index (κ3) is 2.63. The van der Waals surface area contributed by atoms with E-state index in [9.17, 15) is 4.79 Å². The highest BCUT2D eigenvalue weighted by atomic mass is 16.2. The van der Waals surface area contributed by atoms with Crippen LogP contribution in [0.1, 0.15) is 44.9 Å². The van der Waals surface area contributed by atoms with Crippen LogP contribution in [-0.4, -0.2) is 42.6 Å². The van der Waals surface area contributed by atoms with Crippen molar-refractivity contribution < 1.29 is 4.79 Å². The lowest BCUT2D eigenvalue weighted by atomic mass is 9.94. The van der Waals surface area contributed by atoms with E-state index >= 15 is 0 Å². The topological polar surface area (TPSA) is 44.4 Å². The van der Waals surface area contributed by atoms with Crippen molar-refractivity contribution in [1.29, 1.82) is 0 Å². The molecule has 18 heavy (non-hydrogen) atoms. The van der Waals surface area contributed by atoms with E-state index in [1.165, 1.54) is 44.9 Å². The van der Waals surface area contributed by atoms with Gasteiger partial charge in [-0.1, -0.05) is 19.3 Å². The first-order valence-electron chi connectivity index (χ1n) is 7.62. The normalized spacial score (nSPS) is 33.2. The van der Waals surface area contributed by atoms with Crippen molar-refractivity contribution in [3.8, 4) is 0 Å². The number of fused-ring (bicyclic) bond motifs is 1. The molecule has 2 saturated heterocycles. The standard InChI is InChI=1S/C14H25N3O/c18-14(16-12-6-2-1-3-7-12)17-9-11-5-4-8-15-13(11)10-17/h11-13,15H,1-10H2,(H,16,18). The molecular weight excluding hydrogens is 226 g/mol. The van der Waals surface area contributed by atoms with Crippen LogP contribution in [0, 0.1) is 5.92 Å². The van der Waals surface area contributed by atoms with E-state index in [2.05, 4.69) is 10.6 Å². The highest BCUT2D eigenvalue weighted by Crippen LogP contribution is 2.25. The molecule has 2 N–H and O–H groups in total. The molecule has 3 aliphatic rings. The van der Waals surface area contributed by atoms with Gasteiger partial charge in [-0.2, -0.15) is 0 Å². The van der Waals surface area contributed by atoms with Gasteiger partial charge in [-0.05, 0) is 38.1 Å². The van der Waals surface area contributed by atoms with Crippen LogP contribution in [-0.2, 0) is 0 Å². The number of likely N-dealkylation sites (tertiary alicyclic amines) is 1. The molecule has 2 amide bonds. The molecule has 1 saturated carbocycles. The Morgan fingerprint density at radius 1 is 1.06 bits per heavy atom. The minimum Gasteiger partial charge on any atom is -0.335 e. The molecule has 2 atom stereocenters. The van der Waals surface area contributed by atoms with Crippen LogP contribution in [0.5, 0.6) is 0 Å². The Balaban J connectivity index is 1.50. The summed E-state index contributed by atoms with van der Waals surface area (Å²) in [6.45, 7) is 2.98. The number of piperidine rings is 1. The van der Waals surface area contributed by atoms with Crippen molar-refractivity contribution in [3.63, 3.8) is 0 Å². The maximum Gasteiger partial charge on any atom is 0.317 e. The summed E-state index contributed by atoms with van der Waals surface area (Å²) in [7, 11) is 0. The van der Waals surface area contributed by atoms with Gasteiger partial charge in [0, 0.05) is 25.2 Å². The number of nitrogens with one attached hydrogen (secondary N) is 2. The van der Waals surface area contributed by atoms with Crippen LogP contribution in [0.15, 0.2) is 0 Å². The van der Waals surface area contributed by atoms with Crippen molar-refractivity contribution in [1.82, 2.24) is 15.5 Å². The van der Waals surface area contributed by atoms with Gasteiger partial charge < -0.3 is 15.5 Å². The van der Waals surface area contributed by atoms with Crippen molar-refractivity contribution in [2.45, 2.75) is 57.0 Å². The van der Waals surface area contributed by atoms with Crippen molar-refractivity contribution in [2.75, 3.05) is 19.6 Å². The second-order valence-electron chi connectivity index (χ2n) is 6.15. The lowest BCUT2D eigenvalue weighted by molar-refractivity contribution is 0.198. The highest BCUT2D eigenvalue weighted by Gasteiger charge is 2.36. The summed E-state index contributed by atoms with van der Waals surface area (Å²) in [5, 5.41) is 6.78. The summed E-state index contributed by atoms with van der Waals surface area (Å²) in [5.74, 6) is 0.691. The van der Waals surface area contributed by atoms with Crippen LogP contribution in [0.25, 0.3) is 0 Å². The Bertz CT molecular complexity index is 287. The van der Waals surface area contributed by atoms with Gasteiger partial charge in [0.15, 0.2) is 0 Å². The monoisotopic (exact) mass is 251 g/mol. The molecule has 0 aromatic carbocycles. The third-order valence-corrected chi connectivity index (χ3v) is 4.82. The smallest absolute Gasteiger partial charge is 0.317 e. The average Bonchev–Trinajstić information content (AvgIpc) is 2.84. The molecule has 2 heterocycles. The number of carbonyl (C=O) groups excluding carboxylic acids is 1. The molecule has 3 fully saturated rings. The summed E-state index contributed by atoms with van der Waals surface area (Å²) < 4.78 is 0. The molecule has 0 radical (unpaired) electrons. The molecule has 0 aromatic rings. The van der Waals surface area contributed by atoms with Gasteiger partial charge in [0.1, 0.15) is 0 Å². The van der Waals surface area contributed by atoms with Crippen molar-refractivity contribution in [3.05, 3.63) is 0 Å². The number of rotatable bonds is 1. The first-order chi connectivity index (χ1) is 8.83. The SMILES string of the molecule is O=C(NC1CCCCC1)N1CC2CCCNC2C1. The quantitative estimate of drug-likeness (QED) is 0.745. The molecule has 1 aliphatic carbocycles. The number of carbonyl (C=O) groups is 1. The van der Waals surface area contributed by atoms with Crippen LogP contribution in [0.2, 0.25) is 0 Å². The Morgan fingerprint density at radius 2 is 1.89 bits per heavy atom. The van der Waals surface area contributed by atoms with Gasteiger partial charge >= 0.3 is 6.03 Å². The summed E-state index contributed by atoms with van der Waals surface area (Å²) in [6.07, 6.45) is 8.78. The van der Waals surface area contributed by atoms with Gasteiger partial charge in [0.05, 0.1) is 0 Å². The first kappa shape index (κ1) is 12.3. The zero-order valence-electron chi connectivity index (χ0n) is 11.2. The molecule has 4 nitrogen and oxygen atoms in total. The molecule has 102 valence electrons. The lowest BCUT2D eigenvalue weighted by Crippen LogP contribution is -2.45. The number of hydrogen-bond donors (Lipinski definition) is 2. The third-order valence-electron chi connectivity index (χ3n) is 4.82. The van der Waals surface area contributed by atoms with E-state index in [4.69, 9.17) is 0 Å². The minimum absolute atomic E-state index is 0.179. The van der Waals surface area contributed by atoms with E-state index in [0.29, 0.717) is 18.0 Å². The molecule has 4 heteroatoms. The average molecular weight is 251 g/mol. The fourth-order valence-electron chi connectivity index (χ4n) is 3.73. The predicted octanol–water partition coefficient (Wildman–Crippen LogP) is 1.71. The van der Waals surface area contributed by atoms with Gasteiger partial charge in [-0.15, -0.1) is 0 Å². The zero-order chi connectivity index (χ0) is 12.4. The lowest BCUT2D eigenvalue weighted by Gasteiger charge is -2.26. The minimum atomic E-state index is 0.179. The maximum atomic E-state index is 12.2. The summed E-state index contributed by atoms with van der Waals surface area (Å²) >= 11 is 0. The molecule has 0 spiro atoms. The first-order valence-corrected chi connectivity index (χ1v) is 7.62. The van der Waals surface area contributed by atoms with E-state index in [1.54, 1.807) is 0 Å². The molecule has 0 bridgehead atoms. The maximum absolute atomic E-state index is 12.2. The van der Waals surface area contributed by atoms with E-state index < -0.39 is 0 Å². The Labute approximate surface area is 109 Å². The number of urea groups is 1. The van der Waals surface area contributed by atoms with Gasteiger partial charge in [0.25, 0.3) is 0 Å². The predicted molar refractivity (Wildman–Crippen MR) is 71.5 cm³/mol. The summed E-state index contributed by atoms with van der Waals surface area (Å²) in [5.41, 5.74) is 0. The Hall–Kier alpha value is -0.770. The van der Waals surface area contributed by atoms with Gasteiger partial charge in [0.2, 0.25) is 0 Å². The molecule has 0 aromatic heterocycles. The fourth-order valence-corrected chi connectivity index (χ4v) is 3.73. The highest BCUT2D eigenvalue weighted by molar-refractivity contribution is 5.75. The summed E-state index contributed by atoms with van der Waals surface area (Å²) in [4.78, 5) is 14.3. The van der Waals surface area contributed by atoms with Crippen molar-refractivity contribution >= 4 is 6.03 Å². The zero-order valence-corrected chi connectivity index (χ0v) is 11.2. The molecule has 2 aliphatic heterocycles. The molecule has 3 rings (SSSR count). The van der Waals surface area contributed by atoms with Gasteiger partial charge in [-0.25, -0.2) is 4.79 Å². The Morgan fingerprint density at radius 3 is 2.67 bits per heavy atom. The number of nitrogens with zero attached hydrogens (tertiary/aromatic N) is 1. The number of amides is 2. The van der Waals surface area contributed by atoms with Crippen molar-refractivity contribution in [2.24, 2.45) is 5.92 Å². The fraction of sp³-hybridized carbons (Fsp3) is 0.929. The summed E-state index contributed by atoms with van der Waals surface area (Å²) in [6, 6.07) is 1.16. The second-order valence-corrected chi connectivity index (χ2v) is 6.15. The van der Waals surface area contributed by atoms with Gasteiger partial charge in [-0.3, -0.25) is 0 Å². The molecule has 2 unspecified atom stereocenters.